The molecule has 2 atom stereocenters. The summed E-state index contributed by atoms with van der Waals surface area (Å²) in [6.07, 6.45) is 1.78. The number of hydrogen-bond donors (Lipinski definition) is 0. The third-order valence-electron chi connectivity index (χ3n) is 5.71. The van der Waals surface area contributed by atoms with Crippen LogP contribution in [-0.2, 0) is 20.9 Å². The van der Waals surface area contributed by atoms with Gasteiger partial charge in [-0.1, -0.05) is 12.1 Å². The van der Waals surface area contributed by atoms with E-state index < -0.39 is 0 Å². The monoisotopic (exact) mass is 391 g/mol. The van der Waals surface area contributed by atoms with Crippen LogP contribution in [0.1, 0.15) is 25.3 Å². The highest BCUT2D eigenvalue weighted by Gasteiger charge is 2.34. The molecule has 0 bridgehead atoms. The number of piperidine rings is 1. The molecule has 0 radical (unpaired) electrons. The maximum atomic E-state index is 13.4. The zero-order chi connectivity index (χ0) is 20.1. The van der Waals surface area contributed by atoms with Crippen LogP contribution in [0.3, 0.4) is 0 Å². The Kier molecular flexibility index (Phi) is 7.02. The summed E-state index contributed by atoms with van der Waals surface area (Å²) in [6, 6.07) is 6.01. The molecule has 0 aromatic heterocycles. The van der Waals surface area contributed by atoms with E-state index in [-0.39, 0.29) is 29.6 Å². The molecule has 154 valence electrons. The van der Waals surface area contributed by atoms with Crippen molar-refractivity contribution in [2.24, 2.45) is 5.92 Å². The van der Waals surface area contributed by atoms with Crippen molar-refractivity contribution in [1.29, 1.82) is 0 Å². The lowest BCUT2D eigenvalue weighted by Crippen LogP contribution is -2.53. The second-order valence-electron chi connectivity index (χ2n) is 7.77. The van der Waals surface area contributed by atoms with Gasteiger partial charge in [-0.3, -0.25) is 14.5 Å². The average molecular weight is 391 g/mol. The molecule has 2 aliphatic rings. The zero-order valence-corrected chi connectivity index (χ0v) is 16.8. The minimum absolute atomic E-state index is 0.0104. The Morgan fingerprint density at radius 3 is 2.75 bits per heavy atom. The summed E-state index contributed by atoms with van der Waals surface area (Å²) < 4.78 is 18.7. The third kappa shape index (κ3) is 5.08. The number of rotatable bonds is 5. The summed E-state index contributed by atoms with van der Waals surface area (Å²) >= 11 is 0. The molecule has 0 spiro atoms. The third-order valence-corrected chi connectivity index (χ3v) is 5.71. The zero-order valence-electron chi connectivity index (χ0n) is 16.8. The molecule has 2 amide bonds. The standard InChI is InChI=1S/C21H30FN3O3/c1-16(20(26)23(2)14-17-5-3-7-19(22)13-17)25-8-4-6-18(15-25)21(27)24-9-11-28-12-10-24/h3,5,7,13,16,18H,4,6,8-12,14-15H2,1-2H3. The van der Waals surface area contributed by atoms with Crippen molar-refractivity contribution in [3.8, 4) is 0 Å². The van der Waals surface area contributed by atoms with Crippen LogP contribution in [0.25, 0.3) is 0 Å². The van der Waals surface area contributed by atoms with Crippen molar-refractivity contribution >= 4 is 11.8 Å². The number of halogens is 1. The van der Waals surface area contributed by atoms with Crippen molar-refractivity contribution in [2.45, 2.75) is 32.4 Å². The van der Waals surface area contributed by atoms with Crippen LogP contribution >= 0.6 is 0 Å². The molecule has 0 saturated carbocycles. The number of hydrogen-bond acceptors (Lipinski definition) is 4. The lowest BCUT2D eigenvalue weighted by Gasteiger charge is -2.39. The van der Waals surface area contributed by atoms with Gasteiger partial charge in [0.05, 0.1) is 25.2 Å². The first-order valence-electron chi connectivity index (χ1n) is 10.1. The highest BCUT2D eigenvalue weighted by atomic mass is 19.1. The SMILES string of the molecule is CC(C(=O)N(C)Cc1cccc(F)c1)N1CCCC(C(=O)N2CCOCC2)C1. The van der Waals surface area contributed by atoms with E-state index in [0.717, 1.165) is 24.9 Å². The van der Waals surface area contributed by atoms with Gasteiger partial charge in [-0.25, -0.2) is 4.39 Å². The first-order valence-corrected chi connectivity index (χ1v) is 10.1. The number of benzene rings is 1. The highest BCUT2D eigenvalue weighted by Crippen LogP contribution is 2.22. The highest BCUT2D eigenvalue weighted by molar-refractivity contribution is 5.82. The lowest BCUT2D eigenvalue weighted by molar-refractivity contribution is -0.144. The van der Waals surface area contributed by atoms with Gasteiger partial charge < -0.3 is 14.5 Å². The molecule has 3 rings (SSSR count). The quantitative estimate of drug-likeness (QED) is 0.767. The summed E-state index contributed by atoms with van der Waals surface area (Å²) in [5, 5.41) is 0. The lowest BCUT2D eigenvalue weighted by atomic mass is 9.95. The van der Waals surface area contributed by atoms with Gasteiger partial charge in [0.1, 0.15) is 5.82 Å². The van der Waals surface area contributed by atoms with E-state index in [1.807, 2.05) is 17.9 Å². The van der Waals surface area contributed by atoms with E-state index in [9.17, 15) is 14.0 Å². The maximum absolute atomic E-state index is 13.4. The number of amides is 2. The van der Waals surface area contributed by atoms with Crippen molar-refractivity contribution in [3.05, 3.63) is 35.6 Å². The fourth-order valence-corrected chi connectivity index (χ4v) is 4.06. The number of nitrogens with zero attached hydrogens (tertiary/aromatic N) is 3. The van der Waals surface area contributed by atoms with Crippen LogP contribution in [-0.4, -0.2) is 79.0 Å². The first kappa shape index (κ1) is 20.7. The smallest absolute Gasteiger partial charge is 0.239 e. The number of morpholine rings is 1. The molecule has 0 N–H and O–H groups in total. The fourth-order valence-electron chi connectivity index (χ4n) is 4.06. The van der Waals surface area contributed by atoms with E-state index in [2.05, 4.69) is 4.90 Å². The molecule has 2 saturated heterocycles. The predicted molar refractivity (Wildman–Crippen MR) is 104 cm³/mol. The summed E-state index contributed by atoms with van der Waals surface area (Å²) in [7, 11) is 1.74. The van der Waals surface area contributed by atoms with Crippen LogP contribution in [0.15, 0.2) is 24.3 Å². The molecule has 1 aromatic rings. The fraction of sp³-hybridized carbons (Fsp3) is 0.619. The summed E-state index contributed by atoms with van der Waals surface area (Å²) in [6.45, 7) is 6.19. The van der Waals surface area contributed by atoms with E-state index in [0.29, 0.717) is 39.4 Å². The van der Waals surface area contributed by atoms with Gasteiger partial charge in [0, 0.05) is 33.2 Å². The molecule has 2 fully saturated rings. The second-order valence-corrected chi connectivity index (χ2v) is 7.77. The Hall–Kier alpha value is -1.99. The molecular weight excluding hydrogens is 361 g/mol. The Labute approximate surface area is 166 Å². The first-order chi connectivity index (χ1) is 13.5. The normalized spacial score (nSPS) is 22.0. The summed E-state index contributed by atoms with van der Waals surface area (Å²) in [5.41, 5.74) is 0.766. The Morgan fingerprint density at radius 2 is 2.04 bits per heavy atom. The van der Waals surface area contributed by atoms with Crippen LogP contribution in [0.5, 0.6) is 0 Å². The molecule has 1 aromatic carbocycles. The molecule has 28 heavy (non-hydrogen) atoms. The maximum Gasteiger partial charge on any atom is 0.239 e. The molecule has 2 aliphatic heterocycles. The molecule has 7 heteroatoms. The van der Waals surface area contributed by atoms with Crippen molar-refractivity contribution < 1.29 is 18.7 Å². The van der Waals surface area contributed by atoms with Gasteiger partial charge in [-0.2, -0.15) is 0 Å². The Morgan fingerprint density at radius 1 is 1.29 bits per heavy atom. The second kappa shape index (κ2) is 9.47. The largest absolute Gasteiger partial charge is 0.378 e. The van der Waals surface area contributed by atoms with Gasteiger partial charge >= 0.3 is 0 Å². The van der Waals surface area contributed by atoms with Gasteiger partial charge in [0.15, 0.2) is 0 Å². The van der Waals surface area contributed by atoms with Crippen LogP contribution in [0, 0.1) is 11.7 Å². The number of carbonyl (C=O) groups excluding carboxylic acids is 2. The number of carbonyl (C=O) groups is 2. The topological polar surface area (TPSA) is 53.1 Å². The minimum atomic E-state index is -0.307. The van der Waals surface area contributed by atoms with E-state index in [4.69, 9.17) is 4.74 Å². The summed E-state index contributed by atoms with van der Waals surface area (Å²) in [5.74, 6) is -0.188. The van der Waals surface area contributed by atoms with Crippen LogP contribution in [0.2, 0.25) is 0 Å². The van der Waals surface area contributed by atoms with Crippen molar-refractivity contribution in [1.82, 2.24) is 14.7 Å². The van der Waals surface area contributed by atoms with Crippen LogP contribution in [0.4, 0.5) is 4.39 Å². The van der Waals surface area contributed by atoms with E-state index in [1.54, 1.807) is 18.0 Å². The number of likely N-dealkylation sites (N-methyl/N-ethyl adjacent to an activating group) is 1. The van der Waals surface area contributed by atoms with Gasteiger partial charge in [0.25, 0.3) is 0 Å². The van der Waals surface area contributed by atoms with Gasteiger partial charge in [-0.05, 0) is 44.0 Å². The molecule has 6 nitrogen and oxygen atoms in total. The predicted octanol–water partition coefficient (Wildman–Crippen LogP) is 1.74. The van der Waals surface area contributed by atoms with Crippen LogP contribution < -0.4 is 0 Å². The minimum Gasteiger partial charge on any atom is -0.378 e. The van der Waals surface area contributed by atoms with E-state index >= 15 is 0 Å². The summed E-state index contributed by atoms with van der Waals surface area (Å²) in [4.78, 5) is 31.3. The molecule has 2 unspecified atom stereocenters. The number of likely N-dealkylation sites (tertiary alicyclic amines) is 1. The average Bonchev–Trinajstić information content (AvgIpc) is 2.73. The number of ether oxygens (including phenoxy) is 1. The Balaban J connectivity index is 1.57. The van der Waals surface area contributed by atoms with E-state index in [1.165, 1.54) is 12.1 Å². The van der Waals surface area contributed by atoms with Crippen molar-refractivity contribution in [3.63, 3.8) is 0 Å². The van der Waals surface area contributed by atoms with Gasteiger partial charge in [-0.15, -0.1) is 0 Å². The molecule has 2 heterocycles. The van der Waals surface area contributed by atoms with Gasteiger partial charge in [0.2, 0.25) is 11.8 Å². The Bertz CT molecular complexity index is 693. The molecular formula is C21H30FN3O3. The molecule has 0 aliphatic carbocycles. The van der Waals surface area contributed by atoms with Crippen molar-refractivity contribution in [2.75, 3.05) is 46.4 Å².